The first kappa shape index (κ1) is 10.0. The number of aryl methyl sites for hydroxylation is 2. The monoisotopic (exact) mass is 185 g/mol. The molecule has 74 valence electrons. The molecule has 5 heteroatoms. The molecule has 3 N–H and O–H groups in total. The molecule has 0 saturated carbocycles. The van der Waals surface area contributed by atoms with Crippen LogP contribution in [0.4, 0.5) is 0 Å². The van der Waals surface area contributed by atoms with E-state index >= 15 is 0 Å². The zero-order valence-electron chi connectivity index (χ0n) is 8.11. The molecule has 1 rings (SSSR count). The fraction of sp³-hybridized carbons (Fsp3) is 0.625. The minimum absolute atomic E-state index is 0.170. The van der Waals surface area contributed by atoms with E-state index in [4.69, 9.17) is 10.5 Å². The first-order valence-corrected chi connectivity index (χ1v) is 4.07. The topological polar surface area (TPSA) is 73.3 Å². The SMILES string of the molecule is COc1c(C(O)CN)c(C)nn1C. The molecule has 0 amide bonds. The van der Waals surface area contributed by atoms with Gasteiger partial charge in [-0.15, -0.1) is 0 Å². The second-order valence-electron chi connectivity index (χ2n) is 2.88. The van der Waals surface area contributed by atoms with Crippen molar-refractivity contribution < 1.29 is 9.84 Å². The van der Waals surface area contributed by atoms with Gasteiger partial charge in [-0.1, -0.05) is 0 Å². The Morgan fingerprint density at radius 2 is 2.31 bits per heavy atom. The standard InChI is InChI=1S/C8H15N3O2/c1-5-7(6(12)4-9)8(13-3)11(2)10-5/h6,12H,4,9H2,1-3H3. The summed E-state index contributed by atoms with van der Waals surface area (Å²) in [5.74, 6) is 0.565. The number of aliphatic hydroxyl groups excluding tert-OH is 1. The highest BCUT2D eigenvalue weighted by atomic mass is 16.5. The van der Waals surface area contributed by atoms with E-state index in [0.29, 0.717) is 11.4 Å². The molecule has 1 heterocycles. The quantitative estimate of drug-likeness (QED) is 0.679. The molecule has 1 unspecified atom stereocenters. The molecule has 0 spiro atoms. The maximum Gasteiger partial charge on any atom is 0.217 e. The molecule has 0 fully saturated rings. The van der Waals surface area contributed by atoms with Crippen LogP contribution in [-0.4, -0.2) is 28.5 Å². The van der Waals surface area contributed by atoms with Gasteiger partial charge in [-0.25, -0.2) is 4.68 Å². The molecule has 1 atom stereocenters. The van der Waals surface area contributed by atoms with Gasteiger partial charge in [0.05, 0.1) is 24.5 Å². The van der Waals surface area contributed by atoms with Gasteiger partial charge in [-0.2, -0.15) is 5.10 Å². The number of ether oxygens (including phenoxy) is 1. The van der Waals surface area contributed by atoms with E-state index in [1.165, 1.54) is 0 Å². The Morgan fingerprint density at radius 1 is 1.69 bits per heavy atom. The van der Waals surface area contributed by atoms with E-state index in [0.717, 1.165) is 5.69 Å². The summed E-state index contributed by atoms with van der Waals surface area (Å²) in [6.45, 7) is 1.99. The van der Waals surface area contributed by atoms with Crippen molar-refractivity contribution in [1.29, 1.82) is 0 Å². The van der Waals surface area contributed by atoms with Crippen molar-refractivity contribution >= 4 is 0 Å². The second-order valence-corrected chi connectivity index (χ2v) is 2.88. The maximum absolute atomic E-state index is 9.58. The van der Waals surface area contributed by atoms with Gasteiger partial charge in [-0.3, -0.25) is 0 Å². The van der Waals surface area contributed by atoms with Gasteiger partial charge in [0.2, 0.25) is 5.88 Å². The van der Waals surface area contributed by atoms with Crippen LogP contribution < -0.4 is 10.5 Å². The molecule has 0 aliphatic carbocycles. The highest BCUT2D eigenvalue weighted by Gasteiger charge is 2.19. The molecular formula is C8H15N3O2. The van der Waals surface area contributed by atoms with Crippen LogP contribution in [0.2, 0.25) is 0 Å². The Morgan fingerprint density at radius 3 is 2.77 bits per heavy atom. The minimum atomic E-state index is -0.705. The van der Waals surface area contributed by atoms with Crippen LogP contribution in [0, 0.1) is 6.92 Å². The van der Waals surface area contributed by atoms with Crippen molar-refractivity contribution in [2.75, 3.05) is 13.7 Å². The normalized spacial score (nSPS) is 13.0. The van der Waals surface area contributed by atoms with E-state index < -0.39 is 6.10 Å². The minimum Gasteiger partial charge on any atom is -0.481 e. The molecular weight excluding hydrogens is 170 g/mol. The smallest absolute Gasteiger partial charge is 0.217 e. The van der Waals surface area contributed by atoms with Crippen molar-refractivity contribution in [1.82, 2.24) is 9.78 Å². The summed E-state index contributed by atoms with van der Waals surface area (Å²) in [6.07, 6.45) is -0.705. The molecule has 5 nitrogen and oxygen atoms in total. The summed E-state index contributed by atoms with van der Waals surface area (Å²) >= 11 is 0. The van der Waals surface area contributed by atoms with Gasteiger partial charge in [0.25, 0.3) is 0 Å². The highest BCUT2D eigenvalue weighted by molar-refractivity contribution is 5.33. The van der Waals surface area contributed by atoms with Crippen LogP contribution in [0.25, 0.3) is 0 Å². The van der Waals surface area contributed by atoms with Crippen molar-refractivity contribution in [3.05, 3.63) is 11.3 Å². The largest absolute Gasteiger partial charge is 0.481 e. The number of hydrogen-bond acceptors (Lipinski definition) is 4. The van der Waals surface area contributed by atoms with Crippen LogP contribution >= 0.6 is 0 Å². The summed E-state index contributed by atoms with van der Waals surface area (Å²) in [6, 6.07) is 0. The molecule has 1 aromatic rings. The van der Waals surface area contributed by atoms with Gasteiger partial charge < -0.3 is 15.6 Å². The molecule has 0 aromatic carbocycles. The fourth-order valence-corrected chi connectivity index (χ4v) is 1.40. The average molecular weight is 185 g/mol. The fourth-order valence-electron chi connectivity index (χ4n) is 1.40. The zero-order valence-corrected chi connectivity index (χ0v) is 8.11. The van der Waals surface area contributed by atoms with Gasteiger partial charge in [0.1, 0.15) is 0 Å². The number of aliphatic hydroxyl groups is 1. The van der Waals surface area contributed by atoms with Crippen molar-refractivity contribution in [3.8, 4) is 5.88 Å². The molecule has 13 heavy (non-hydrogen) atoms. The number of hydrogen-bond donors (Lipinski definition) is 2. The lowest BCUT2D eigenvalue weighted by Gasteiger charge is -2.09. The summed E-state index contributed by atoms with van der Waals surface area (Å²) in [5.41, 5.74) is 6.78. The van der Waals surface area contributed by atoms with Gasteiger partial charge >= 0.3 is 0 Å². The predicted octanol–water partition coefficient (Wildman–Crippen LogP) is -0.271. The van der Waals surface area contributed by atoms with Crippen molar-refractivity contribution in [2.24, 2.45) is 12.8 Å². The van der Waals surface area contributed by atoms with E-state index in [2.05, 4.69) is 5.10 Å². The molecule has 0 saturated heterocycles. The molecule has 0 radical (unpaired) electrons. The lowest BCUT2D eigenvalue weighted by atomic mass is 10.1. The van der Waals surface area contributed by atoms with Crippen molar-refractivity contribution in [3.63, 3.8) is 0 Å². The molecule has 1 aromatic heterocycles. The first-order valence-electron chi connectivity index (χ1n) is 4.07. The third-order valence-corrected chi connectivity index (χ3v) is 1.96. The maximum atomic E-state index is 9.58. The summed E-state index contributed by atoms with van der Waals surface area (Å²) < 4.78 is 6.69. The van der Waals surface area contributed by atoms with Crippen LogP contribution in [-0.2, 0) is 7.05 Å². The van der Waals surface area contributed by atoms with E-state index in [1.807, 2.05) is 6.92 Å². The Labute approximate surface area is 77.1 Å². The summed E-state index contributed by atoms with van der Waals surface area (Å²) in [5, 5.41) is 13.7. The Bertz CT molecular complexity index is 296. The third-order valence-electron chi connectivity index (χ3n) is 1.96. The number of methoxy groups -OCH3 is 1. The van der Waals surface area contributed by atoms with Crippen LogP contribution in [0.15, 0.2) is 0 Å². The molecule has 0 bridgehead atoms. The number of nitrogens with zero attached hydrogens (tertiary/aromatic N) is 2. The molecule has 0 aliphatic rings. The Hall–Kier alpha value is -1.07. The predicted molar refractivity (Wildman–Crippen MR) is 48.5 cm³/mol. The number of nitrogens with two attached hydrogens (primary N) is 1. The van der Waals surface area contributed by atoms with Crippen molar-refractivity contribution in [2.45, 2.75) is 13.0 Å². The molecule has 0 aliphatic heterocycles. The number of rotatable bonds is 3. The van der Waals surface area contributed by atoms with Gasteiger partial charge in [0, 0.05) is 13.6 Å². The van der Waals surface area contributed by atoms with Gasteiger partial charge in [-0.05, 0) is 6.92 Å². The van der Waals surface area contributed by atoms with Crippen LogP contribution in [0.3, 0.4) is 0 Å². The van der Waals surface area contributed by atoms with E-state index in [9.17, 15) is 5.11 Å². The number of aromatic nitrogens is 2. The second kappa shape index (κ2) is 3.76. The average Bonchev–Trinajstić information content (AvgIpc) is 2.39. The third kappa shape index (κ3) is 1.66. The van der Waals surface area contributed by atoms with Crippen LogP contribution in [0.1, 0.15) is 17.4 Å². The summed E-state index contributed by atoms with van der Waals surface area (Å²) in [7, 11) is 3.31. The van der Waals surface area contributed by atoms with E-state index in [1.54, 1.807) is 18.8 Å². The summed E-state index contributed by atoms with van der Waals surface area (Å²) in [4.78, 5) is 0. The van der Waals surface area contributed by atoms with E-state index in [-0.39, 0.29) is 6.54 Å². The zero-order chi connectivity index (χ0) is 10.0. The Kier molecular flexibility index (Phi) is 2.90. The lowest BCUT2D eigenvalue weighted by molar-refractivity contribution is 0.180. The highest BCUT2D eigenvalue weighted by Crippen LogP contribution is 2.26. The van der Waals surface area contributed by atoms with Crippen LogP contribution in [0.5, 0.6) is 5.88 Å². The van der Waals surface area contributed by atoms with Gasteiger partial charge in [0.15, 0.2) is 0 Å². The Balaban J connectivity index is 3.16. The first-order chi connectivity index (χ1) is 6.11. The lowest BCUT2D eigenvalue weighted by Crippen LogP contribution is -2.13.